The Morgan fingerprint density at radius 1 is 1.42 bits per heavy atom. The van der Waals surface area contributed by atoms with Crippen LogP contribution in [0.1, 0.15) is 0 Å². The minimum atomic E-state index is 0.743. The van der Waals surface area contributed by atoms with Crippen LogP contribution in [0.3, 0.4) is 0 Å². The molecular weight excluding hydrogens is 218 g/mol. The molecule has 0 unspecified atom stereocenters. The molecule has 1 aromatic rings. The molecule has 0 aliphatic carbocycles. The summed E-state index contributed by atoms with van der Waals surface area (Å²) < 4.78 is 1.01. The topological polar surface area (TPSA) is 41.3 Å². The number of anilines is 2. The average molecular weight is 230 g/mol. The van der Waals surface area contributed by atoms with Gasteiger partial charge in [0.15, 0.2) is 0 Å². The van der Waals surface area contributed by atoms with Crippen LogP contribution in [0.25, 0.3) is 0 Å². The molecule has 66 valence electrons. The number of rotatable bonds is 2. The molecule has 3 nitrogen and oxygen atoms in total. The summed E-state index contributed by atoms with van der Waals surface area (Å²) >= 11 is 3.37. The van der Waals surface area contributed by atoms with Crippen LogP contribution >= 0.6 is 15.9 Å². The smallest absolute Gasteiger partial charge is 0.0731 e. The minimum absolute atomic E-state index is 0.743. The number of hydrazine groups is 1. The van der Waals surface area contributed by atoms with E-state index in [1.54, 1.807) is 0 Å². The molecule has 0 heterocycles. The fraction of sp³-hybridized carbons (Fsp3) is 0.250. The lowest BCUT2D eigenvalue weighted by molar-refractivity contribution is 0.496. The second kappa shape index (κ2) is 3.78. The molecule has 1 rings (SSSR count). The zero-order valence-corrected chi connectivity index (χ0v) is 8.72. The Morgan fingerprint density at radius 3 is 2.67 bits per heavy atom. The third-order valence-corrected chi connectivity index (χ3v) is 1.85. The van der Waals surface area contributed by atoms with Crippen LogP contribution in [-0.2, 0) is 0 Å². The highest BCUT2D eigenvalue weighted by atomic mass is 79.9. The Balaban J connectivity index is 2.90. The third-order valence-electron chi connectivity index (χ3n) is 1.36. The summed E-state index contributed by atoms with van der Waals surface area (Å²) in [6.07, 6.45) is 0. The molecule has 0 aliphatic heterocycles. The first-order valence-electron chi connectivity index (χ1n) is 3.58. The maximum Gasteiger partial charge on any atom is 0.0731 e. The Hall–Kier alpha value is -0.740. The summed E-state index contributed by atoms with van der Waals surface area (Å²) in [6.45, 7) is 0. The van der Waals surface area contributed by atoms with E-state index in [4.69, 9.17) is 5.73 Å². The van der Waals surface area contributed by atoms with E-state index < -0.39 is 0 Å². The number of nitrogens with one attached hydrogen (secondary N) is 1. The molecule has 0 aliphatic rings. The van der Waals surface area contributed by atoms with Gasteiger partial charge in [-0.15, -0.1) is 0 Å². The predicted molar refractivity (Wildman–Crippen MR) is 55.9 cm³/mol. The standard InChI is InChI=1S/C8H12BrN3/c1-12(2)11-8-5-6(9)3-4-7(8)10/h3-5,11H,10H2,1-2H3. The molecule has 0 bridgehead atoms. The second-order valence-electron chi connectivity index (χ2n) is 2.74. The van der Waals surface area contributed by atoms with E-state index in [0.29, 0.717) is 0 Å². The molecule has 0 spiro atoms. The third kappa shape index (κ3) is 2.39. The van der Waals surface area contributed by atoms with Gasteiger partial charge in [0.05, 0.1) is 11.4 Å². The number of benzene rings is 1. The molecule has 0 atom stereocenters. The fourth-order valence-corrected chi connectivity index (χ4v) is 1.23. The molecule has 0 saturated carbocycles. The zero-order chi connectivity index (χ0) is 9.14. The Kier molecular flexibility index (Phi) is 2.94. The van der Waals surface area contributed by atoms with E-state index in [9.17, 15) is 0 Å². The van der Waals surface area contributed by atoms with Crippen LogP contribution < -0.4 is 11.2 Å². The first-order chi connectivity index (χ1) is 5.59. The molecular formula is C8H12BrN3. The van der Waals surface area contributed by atoms with Crippen molar-refractivity contribution in [1.29, 1.82) is 0 Å². The van der Waals surface area contributed by atoms with Gasteiger partial charge < -0.3 is 11.2 Å². The van der Waals surface area contributed by atoms with Crippen molar-refractivity contribution in [2.24, 2.45) is 0 Å². The van der Waals surface area contributed by atoms with Gasteiger partial charge >= 0.3 is 0 Å². The number of nitrogens with zero attached hydrogens (tertiary/aromatic N) is 1. The maximum atomic E-state index is 5.73. The molecule has 1 aromatic carbocycles. The van der Waals surface area contributed by atoms with Crippen LogP contribution in [0, 0.1) is 0 Å². The van der Waals surface area contributed by atoms with E-state index in [2.05, 4.69) is 21.4 Å². The van der Waals surface area contributed by atoms with Crippen LogP contribution in [0.5, 0.6) is 0 Å². The van der Waals surface area contributed by atoms with Crippen LogP contribution in [0.2, 0.25) is 0 Å². The van der Waals surface area contributed by atoms with E-state index in [1.807, 2.05) is 37.3 Å². The Labute approximate surface area is 80.6 Å². The number of hydrogen-bond acceptors (Lipinski definition) is 3. The van der Waals surface area contributed by atoms with Crippen molar-refractivity contribution in [1.82, 2.24) is 5.01 Å². The molecule has 0 saturated heterocycles. The number of halogens is 1. The first-order valence-corrected chi connectivity index (χ1v) is 4.38. The van der Waals surface area contributed by atoms with E-state index in [0.717, 1.165) is 15.8 Å². The summed E-state index contributed by atoms with van der Waals surface area (Å²) in [7, 11) is 3.83. The normalized spacial score (nSPS) is 10.3. The van der Waals surface area contributed by atoms with E-state index in [-0.39, 0.29) is 0 Å². The average Bonchev–Trinajstić information content (AvgIpc) is 1.96. The van der Waals surface area contributed by atoms with Gasteiger partial charge in [-0.3, -0.25) is 0 Å². The van der Waals surface area contributed by atoms with Crippen molar-refractivity contribution in [3.8, 4) is 0 Å². The molecule has 0 radical (unpaired) electrons. The van der Waals surface area contributed by atoms with Crippen molar-refractivity contribution >= 4 is 27.3 Å². The zero-order valence-electron chi connectivity index (χ0n) is 7.13. The van der Waals surface area contributed by atoms with Gasteiger partial charge in [-0.25, -0.2) is 5.01 Å². The van der Waals surface area contributed by atoms with Crippen LogP contribution in [-0.4, -0.2) is 19.1 Å². The highest BCUT2D eigenvalue weighted by molar-refractivity contribution is 9.10. The summed E-state index contributed by atoms with van der Waals surface area (Å²) in [5, 5.41) is 1.85. The number of hydrogen-bond donors (Lipinski definition) is 2. The lowest BCUT2D eigenvalue weighted by atomic mass is 10.3. The quantitative estimate of drug-likeness (QED) is 0.602. The summed E-state index contributed by atoms with van der Waals surface area (Å²) in [4.78, 5) is 0. The van der Waals surface area contributed by atoms with Crippen molar-refractivity contribution in [2.45, 2.75) is 0 Å². The maximum absolute atomic E-state index is 5.73. The van der Waals surface area contributed by atoms with Gasteiger partial charge in [-0.2, -0.15) is 0 Å². The summed E-state index contributed by atoms with van der Waals surface area (Å²) in [5.41, 5.74) is 10.5. The van der Waals surface area contributed by atoms with Crippen molar-refractivity contribution in [3.05, 3.63) is 22.7 Å². The van der Waals surface area contributed by atoms with Crippen LogP contribution in [0.15, 0.2) is 22.7 Å². The molecule has 0 aromatic heterocycles. The van der Waals surface area contributed by atoms with E-state index in [1.165, 1.54) is 0 Å². The van der Waals surface area contributed by atoms with Crippen LogP contribution in [0.4, 0.5) is 11.4 Å². The minimum Gasteiger partial charge on any atom is -0.397 e. The molecule has 3 N–H and O–H groups in total. The molecule has 0 fully saturated rings. The SMILES string of the molecule is CN(C)Nc1cc(Br)ccc1N. The first kappa shape index (κ1) is 9.35. The predicted octanol–water partition coefficient (Wildman–Crippen LogP) is 1.92. The molecule has 4 heteroatoms. The molecule has 12 heavy (non-hydrogen) atoms. The van der Waals surface area contributed by atoms with Crippen molar-refractivity contribution in [3.63, 3.8) is 0 Å². The van der Waals surface area contributed by atoms with Gasteiger partial charge in [0, 0.05) is 18.6 Å². The highest BCUT2D eigenvalue weighted by Crippen LogP contribution is 2.23. The number of nitrogens with two attached hydrogens (primary N) is 1. The van der Waals surface area contributed by atoms with Gasteiger partial charge in [0.1, 0.15) is 0 Å². The molecule has 0 amide bonds. The van der Waals surface area contributed by atoms with Gasteiger partial charge in [0.2, 0.25) is 0 Å². The van der Waals surface area contributed by atoms with Gasteiger partial charge in [0.25, 0.3) is 0 Å². The Bertz CT molecular complexity index is 273. The number of nitrogen functional groups attached to an aromatic ring is 1. The summed E-state index contributed by atoms with van der Waals surface area (Å²) in [5.74, 6) is 0. The Morgan fingerprint density at radius 2 is 2.08 bits per heavy atom. The lowest BCUT2D eigenvalue weighted by Gasteiger charge is -2.15. The largest absolute Gasteiger partial charge is 0.397 e. The van der Waals surface area contributed by atoms with Crippen molar-refractivity contribution in [2.75, 3.05) is 25.3 Å². The van der Waals surface area contributed by atoms with Gasteiger partial charge in [-0.05, 0) is 18.2 Å². The summed E-state index contributed by atoms with van der Waals surface area (Å²) in [6, 6.07) is 5.71. The van der Waals surface area contributed by atoms with E-state index >= 15 is 0 Å². The second-order valence-corrected chi connectivity index (χ2v) is 3.65. The monoisotopic (exact) mass is 229 g/mol. The highest BCUT2D eigenvalue weighted by Gasteiger charge is 1.99. The lowest BCUT2D eigenvalue weighted by Crippen LogP contribution is -2.20. The van der Waals surface area contributed by atoms with Crippen molar-refractivity contribution < 1.29 is 0 Å². The van der Waals surface area contributed by atoms with Gasteiger partial charge in [-0.1, -0.05) is 15.9 Å². The fourth-order valence-electron chi connectivity index (χ4n) is 0.866.